The summed E-state index contributed by atoms with van der Waals surface area (Å²) >= 11 is 0. The van der Waals surface area contributed by atoms with E-state index in [0.29, 0.717) is 5.69 Å². The molecular weight excluding hydrogens is 186 g/mol. The van der Waals surface area contributed by atoms with Gasteiger partial charge in [0.1, 0.15) is 6.61 Å². The topological polar surface area (TPSA) is 46.2 Å². The summed E-state index contributed by atoms with van der Waals surface area (Å²) in [6, 6.07) is 5.86. The molecule has 0 aliphatic heterocycles. The molecule has 80 valence electrons. The maximum absolute atomic E-state index is 8.63. The van der Waals surface area contributed by atoms with Crippen molar-refractivity contribution in [2.75, 3.05) is 12.3 Å². The van der Waals surface area contributed by atoms with E-state index in [1.807, 2.05) is 18.2 Å². The first-order valence-corrected chi connectivity index (χ1v) is 4.95. The Kier molecular flexibility index (Phi) is 3.39. The van der Waals surface area contributed by atoms with E-state index in [4.69, 9.17) is 10.8 Å². The van der Waals surface area contributed by atoms with Gasteiger partial charge in [-0.3, -0.25) is 0 Å². The fourth-order valence-electron chi connectivity index (χ4n) is 1.27. The number of nitrogen functional groups attached to an aromatic ring is 1. The standard InChI is InChI=1S/C13H17NO/c1-13(2,3)11-6-7-12(14)10(9-11)5-4-8-15/h6-7,9,15H,8,14H2,1-3H3. The van der Waals surface area contributed by atoms with Crippen LogP contribution in [0.3, 0.4) is 0 Å². The van der Waals surface area contributed by atoms with E-state index in [-0.39, 0.29) is 12.0 Å². The van der Waals surface area contributed by atoms with Crippen LogP contribution in [-0.2, 0) is 5.41 Å². The van der Waals surface area contributed by atoms with Crippen molar-refractivity contribution in [3.8, 4) is 11.8 Å². The summed E-state index contributed by atoms with van der Waals surface area (Å²) in [6.45, 7) is 6.28. The van der Waals surface area contributed by atoms with Crippen LogP contribution in [0.25, 0.3) is 0 Å². The fourth-order valence-corrected chi connectivity index (χ4v) is 1.27. The van der Waals surface area contributed by atoms with Crippen LogP contribution in [0.4, 0.5) is 5.69 Å². The number of rotatable bonds is 0. The van der Waals surface area contributed by atoms with Gasteiger partial charge in [-0.1, -0.05) is 38.7 Å². The average Bonchev–Trinajstić information content (AvgIpc) is 2.15. The van der Waals surface area contributed by atoms with Gasteiger partial charge in [-0.2, -0.15) is 0 Å². The highest BCUT2D eigenvalue weighted by molar-refractivity contribution is 5.57. The minimum atomic E-state index is -0.140. The van der Waals surface area contributed by atoms with Gasteiger partial charge in [-0.15, -0.1) is 0 Å². The van der Waals surface area contributed by atoms with Gasteiger partial charge in [0.2, 0.25) is 0 Å². The molecule has 0 saturated carbocycles. The highest BCUT2D eigenvalue weighted by Gasteiger charge is 2.14. The molecule has 0 atom stereocenters. The lowest BCUT2D eigenvalue weighted by atomic mass is 9.86. The summed E-state index contributed by atoms with van der Waals surface area (Å²) in [5.74, 6) is 5.46. The van der Waals surface area contributed by atoms with E-state index in [0.717, 1.165) is 5.56 Å². The number of aliphatic hydroxyl groups is 1. The third-order valence-electron chi connectivity index (χ3n) is 2.22. The molecule has 2 heteroatoms. The zero-order valence-corrected chi connectivity index (χ0v) is 9.46. The molecule has 0 aromatic heterocycles. The molecule has 1 aromatic rings. The zero-order chi connectivity index (χ0) is 11.5. The van der Waals surface area contributed by atoms with E-state index in [1.54, 1.807) is 0 Å². The molecule has 0 aliphatic rings. The van der Waals surface area contributed by atoms with Gasteiger partial charge >= 0.3 is 0 Å². The van der Waals surface area contributed by atoms with Gasteiger partial charge in [0, 0.05) is 11.3 Å². The quantitative estimate of drug-likeness (QED) is 0.500. The molecule has 15 heavy (non-hydrogen) atoms. The smallest absolute Gasteiger partial charge is 0.104 e. The van der Waals surface area contributed by atoms with Crippen LogP contribution in [0.15, 0.2) is 18.2 Å². The second-order valence-electron chi connectivity index (χ2n) is 4.51. The normalized spacial score (nSPS) is 10.7. The van der Waals surface area contributed by atoms with Gasteiger partial charge in [-0.25, -0.2) is 0 Å². The zero-order valence-electron chi connectivity index (χ0n) is 9.46. The average molecular weight is 203 g/mol. The molecule has 0 heterocycles. The maximum Gasteiger partial charge on any atom is 0.104 e. The predicted molar refractivity (Wildman–Crippen MR) is 63.5 cm³/mol. The van der Waals surface area contributed by atoms with Crippen LogP contribution in [0.2, 0.25) is 0 Å². The van der Waals surface area contributed by atoms with E-state index >= 15 is 0 Å². The number of nitrogens with two attached hydrogens (primary N) is 1. The van der Waals surface area contributed by atoms with Gasteiger partial charge in [-0.05, 0) is 23.1 Å². The van der Waals surface area contributed by atoms with E-state index in [2.05, 4.69) is 32.6 Å². The molecule has 0 bridgehead atoms. The Bertz CT molecular complexity index is 405. The number of hydrogen-bond acceptors (Lipinski definition) is 2. The predicted octanol–water partition coefficient (Wildman–Crippen LogP) is 1.91. The first-order valence-electron chi connectivity index (χ1n) is 4.95. The van der Waals surface area contributed by atoms with Crippen LogP contribution in [0.1, 0.15) is 31.9 Å². The Balaban J connectivity index is 3.17. The molecule has 0 radical (unpaired) electrons. The second-order valence-corrected chi connectivity index (χ2v) is 4.51. The van der Waals surface area contributed by atoms with Crippen molar-refractivity contribution in [3.63, 3.8) is 0 Å². The monoisotopic (exact) mass is 203 g/mol. The molecule has 2 nitrogen and oxygen atoms in total. The van der Waals surface area contributed by atoms with Gasteiger partial charge < -0.3 is 10.8 Å². The molecule has 0 saturated heterocycles. The Hall–Kier alpha value is -1.46. The summed E-state index contributed by atoms with van der Waals surface area (Å²) < 4.78 is 0. The number of hydrogen-bond donors (Lipinski definition) is 2. The van der Waals surface area contributed by atoms with Crippen molar-refractivity contribution in [1.29, 1.82) is 0 Å². The highest BCUT2D eigenvalue weighted by Crippen LogP contribution is 2.25. The van der Waals surface area contributed by atoms with Crippen molar-refractivity contribution in [2.24, 2.45) is 0 Å². The summed E-state index contributed by atoms with van der Waals surface area (Å²) in [5, 5.41) is 8.63. The molecule has 0 fully saturated rings. The van der Waals surface area contributed by atoms with E-state index in [9.17, 15) is 0 Å². The van der Waals surface area contributed by atoms with Crippen molar-refractivity contribution >= 4 is 5.69 Å². The van der Waals surface area contributed by atoms with E-state index < -0.39 is 0 Å². The van der Waals surface area contributed by atoms with Crippen LogP contribution >= 0.6 is 0 Å². The highest BCUT2D eigenvalue weighted by atomic mass is 16.2. The molecular formula is C13H17NO. The van der Waals surface area contributed by atoms with Crippen molar-refractivity contribution in [3.05, 3.63) is 29.3 Å². The van der Waals surface area contributed by atoms with Crippen LogP contribution < -0.4 is 5.73 Å². The Morgan fingerprint density at radius 2 is 2.00 bits per heavy atom. The Morgan fingerprint density at radius 1 is 1.33 bits per heavy atom. The fraction of sp³-hybridized carbons (Fsp3) is 0.385. The lowest BCUT2D eigenvalue weighted by molar-refractivity contribution is 0.350. The summed E-state index contributed by atoms with van der Waals surface area (Å²) in [7, 11) is 0. The first-order chi connectivity index (χ1) is 6.95. The van der Waals surface area contributed by atoms with Crippen molar-refractivity contribution in [1.82, 2.24) is 0 Å². The van der Waals surface area contributed by atoms with Gasteiger partial charge in [0.05, 0.1) is 0 Å². The van der Waals surface area contributed by atoms with Crippen LogP contribution in [0.5, 0.6) is 0 Å². The van der Waals surface area contributed by atoms with Gasteiger partial charge in [0.25, 0.3) is 0 Å². The molecule has 1 rings (SSSR count). The van der Waals surface area contributed by atoms with E-state index in [1.165, 1.54) is 5.56 Å². The molecule has 0 aliphatic carbocycles. The largest absolute Gasteiger partial charge is 0.398 e. The van der Waals surface area contributed by atoms with Crippen LogP contribution in [0, 0.1) is 11.8 Å². The third kappa shape index (κ3) is 3.00. The summed E-state index contributed by atoms with van der Waals surface area (Å²) in [4.78, 5) is 0. The number of anilines is 1. The summed E-state index contributed by atoms with van der Waals surface area (Å²) in [5.41, 5.74) is 8.51. The van der Waals surface area contributed by atoms with Crippen molar-refractivity contribution < 1.29 is 5.11 Å². The Labute approximate surface area is 91.1 Å². The minimum absolute atomic E-state index is 0.0867. The molecule has 0 unspecified atom stereocenters. The lowest BCUT2D eigenvalue weighted by Gasteiger charge is -2.19. The Morgan fingerprint density at radius 3 is 2.53 bits per heavy atom. The molecule has 1 aromatic carbocycles. The van der Waals surface area contributed by atoms with Crippen molar-refractivity contribution in [2.45, 2.75) is 26.2 Å². The number of benzene rings is 1. The summed E-state index contributed by atoms with van der Waals surface area (Å²) in [6.07, 6.45) is 0. The lowest BCUT2D eigenvalue weighted by Crippen LogP contribution is -2.11. The second kappa shape index (κ2) is 4.37. The van der Waals surface area contributed by atoms with Gasteiger partial charge in [0.15, 0.2) is 0 Å². The molecule has 0 spiro atoms. The SMILES string of the molecule is CC(C)(C)c1ccc(N)c(C#CCO)c1. The molecule has 3 N–H and O–H groups in total. The maximum atomic E-state index is 8.63. The number of aliphatic hydroxyl groups excluding tert-OH is 1. The molecule has 0 amide bonds. The first kappa shape index (κ1) is 11.6. The van der Waals surface area contributed by atoms with Crippen LogP contribution in [-0.4, -0.2) is 11.7 Å². The third-order valence-corrected chi connectivity index (χ3v) is 2.22. The minimum Gasteiger partial charge on any atom is -0.398 e.